The molecule has 2 unspecified atom stereocenters. The smallest absolute Gasteiger partial charge is 0.315 e. The Morgan fingerprint density at radius 3 is 2.39 bits per heavy atom. The second kappa shape index (κ2) is 6.07. The predicted octanol–water partition coefficient (Wildman–Crippen LogP) is 1.73. The van der Waals surface area contributed by atoms with Crippen molar-refractivity contribution in [1.29, 1.82) is 0 Å². The molecule has 0 aromatic carbocycles. The number of carbonyl (C=O) groups excluding carboxylic acids is 1. The molecular formula is C13H22N2O3. The van der Waals surface area contributed by atoms with Gasteiger partial charge < -0.3 is 15.7 Å². The molecule has 2 rings (SSSR count). The minimum Gasteiger partial charge on any atom is -0.481 e. The summed E-state index contributed by atoms with van der Waals surface area (Å²) in [5.74, 6) is -0.924. The van der Waals surface area contributed by atoms with Crippen molar-refractivity contribution in [2.75, 3.05) is 6.54 Å². The summed E-state index contributed by atoms with van der Waals surface area (Å²) >= 11 is 0. The predicted molar refractivity (Wildman–Crippen MR) is 67.3 cm³/mol. The number of urea groups is 1. The Morgan fingerprint density at radius 1 is 1.06 bits per heavy atom. The third-order valence-electron chi connectivity index (χ3n) is 4.19. The fraction of sp³-hybridized carbons (Fsp3) is 0.846. The highest BCUT2D eigenvalue weighted by atomic mass is 16.4. The van der Waals surface area contributed by atoms with Gasteiger partial charge in [-0.15, -0.1) is 0 Å². The van der Waals surface area contributed by atoms with E-state index in [2.05, 4.69) is 10.6 Å². The molecular weight excluding hydrogens is 232 g/mol. The topological polar surface area (TPSA) is 78.4 Å². The van der Waals surface area contributed by atoms with E-state index in [0.717, 1.165) is 38.5 Å². The molecule has 0 spiro atoms. The Hall–Kier alpha value is -1.26. The fourth-order valence-corrected chi connectivity index (χ4v) is 2.79. The van der Waals surface area contributed by atoms with Crippen LogP contribution in [0.3, 0.4) is 0 Å². The maximum atomic E-state index is 11.6. The third-order valence-corrected chi connectivity index (χ3v) is 4.19. The molecule has 0 aliphatic heterocycles. The van der Waals surface area contributed by atoms with E-state index in [1.807, 2.05) is 0 Å². The molecule has 3 N–H and O–H groups in total. The number of hydrogen-bond donors (Lipinski definition) is 3. The van der Waals surface area contributed by atoms with E-state index in [9.17, 15) is 9.59 Å². The van der Waals surface area contributed by atoms with Gasteiger partial charge in [0, 0.05) is 12.6 Å². The molecule has 5 heteroatoms. The van der Waals surface area contributed by atoms with Crippen molar-refractivity contribution >= 4 is 12.0 Å². The summed E-state index contributed by atoms with van der Waals surface area (Å²) in [6.07, 6.45) is 7.02. The number of amides is 2. The van der Waals surface area contributed by atoms with E-state index in [1.165, 1.54) is 6.42 Å². The number of aliphatic carboxylic acids is 1. The average Bonchev–Trinajstić information content (AvgIpc) is 2.31. The molecule has 0 aromatic rings. The first-order valence-electron chi connectivity index (χ1n) is 6.94. The first-order chi connectivity index (χ1) is 8.66. The third kappa shape index (κ3) is 3.37. The normalized spacial score (nSPS) is 28.2. The van der Waals surface area contributed by atoms with Crippen LogP contribution in [0.25, 0.3) is 0 Å². The van der Waals surface area contributed by atoms with Crippen LogP contribution in [-0.4, -0.2) is 29.7 Å². The van der Waals surface area contributed by atoms with Gasteiger partial charge in [-0.05, 0) is 38.0 Å². The summed E-state index contributed by atoms with van der Waals surface area (Å²) in [6, 6.07) is 0.182. The largest absolute Gasteiger partial charge is 0.481 e. The molecule has 5 nitrogen and oxygen atoms in total. The van der Waals surface area contributed by atoms with Gasteiger partial charge in [-0.25, -0.2) is 4.79 Å². The van der Waals surface area contributed by atoms with Crippen LogP contribution in [0.15, 0.2) is 0 Å². The van der Waals surface area contributed by atoms with Crippen LogP contribution in [0, 0.1) is 11.8 Å². The lowest BCUT2D eigenvalue weighted by molar-refractivity contribution is -0.144. The number of hydrogen-bond acceptors (Lipinski definition) is 2. The Balaban J connectivity index is 1.73. The van der Waals surface area contributed by atoms with Crippen molar-refractivity contribution in [1.82, 2.24) is 10.6 Å². The number of carbonyl (C=O) groups is 2. The maximum Gasteiger partial charge on any atom is 0.315 e. The van der Waals surface area contributed by atoms with Gasteiger partial charge in [-0.2, -0.15) is 0 Å². The van der Waals surface area contributed by atoms with Crippen LogP contribution >= 0.6 is 0 Å². The van der Waals surface area contributed by atoms with Crippen LogP contribution in [0.4, 0.5) is 4.79 Å². The molecule has 0 aromatic heterocycles. The van der Waals surface area contributed by atoms with Gasteiger partial charge >= 0.3 is 12.0 Å². The second-order valence-corrected chi connectivity index (χ2v) is 5.47. The number of carboxylic acid groups (broad SMARTS) is 1. The van der Waals surface area contributed by atoms with Gasteiger partial charge in [-0.1, -0.05) is 12.8 Å². The van der Waals surface area contributed by atoms with E-state index in [1.54, 1.807) is 0 Å². The first-order valence-corrected chi connectivity index (χ1v) is 6.94. The molecule has 0 heterocycles. The first kappa shape index (κ1) is 13.2. The van der Waals surface area contributed by atoms with E-state index in [-0.39, 0.29) is 17.9 Å². The van der Waals surface area contributed by atoms with Gasteiger partial charge in [-0.3, -0.25) is 4.79 Å². The highest BCUT2D eigenvalue weighted by molar-refractivity contribution is 5.74. The van der Waals surface area contributed by atoms with Gasteiger partial charge in [0.1, 0.15) is 0 Å². The zero-order chi connectivity index (χ0) is 13.0. The van der Waals surface area contributed by atoms with Crippen LogP contribution in [0.2, 0.25) is 0 Å². The summed E-state index contributed by atoms with van der Waals surface area (Å²) < 4.78 is 0. The molecule has 2 amide bonds. The van der Waals surface area contributed by atoms with Crippen molar-refractivity contribution in [2.24, 2.45) is 11.8 Å². The highest BCUT2D eigenvalue weighted by Crippen LogP contribution is 2.29. The van der Waals surface area contributed by atoms with E-state index in [4.69, 9.17) is 5.11 Å². The molecule has 2 aliphatic carbocycles. The monoisotopic (exact) mass is 254 g/mol. The highest BCUT2D eigenvalue weighted by Gasteiger charge is 2.31. The van der Waals surface area contributed by atoms with Gasteiger partial charge in [0.2, 0.25) is 0 Å². The Morgan fingerprint density at radius 2 is 1.78 bits per heavy atom. The summed E-state index contributed by atoms with van der Waals surface area (Å²) in [4.78, 5) is 22.7. The quantitative estimate of drug-likeness (QED) is 0.715. The average molecular weight is 254 g/mol. The lowest BCUT2D eigenvalue weighted by atomic mass is 9.79. The molecule has 0 radical (unpaired) electrons. The molecule has 18 heavy (non-hydrogen) atoms. The van der Waals surface area contributed by atoms with Crippen molar-refractivity contribution in [3.63, 3.8) is 0 Å². The molecule has 2 atom stereocenters. The summed E-state index contributed by atoms with van der Waals surface area (Å²) in [6.45, 7) is 0.482. The minimum absolute atomic E-state index is 0.0865. The van der Waals surface area contributed by atoms with Gasteiger partial charge in [0.25, 0.3) is 0 Å². The summed E-state index contributed by atoms with van der Waals surface area (Å²) in [5, 5.41) is 14.9. The Kier molecular flexibility index (Phi) is 4.44. The molecule has 0 saturated heterocycles. The van der Waals surface area contributed by atoms with E-state index < -0.39 is 5.97 Å². The lowest BCUT2D eigenvalue weighted by Gasteiger charge is -2.30. The Bertz CT molecular complexity index is 315. The van der Waals surface area contributed by atoms with Gasteiger partial charge in [0.05, 0.1) is 5.92 Å². The van der Waals surface area contributed by atoms with Crippen molar-refractivity contribution < 1.29 is 14.7 Å². The maximum absolute atomic E-state index is 11.6. The number of nitrogens with one attached hydrogen (secondary N) is 2. The molecule has 2 saturated carbocycles. The van der Waals surface area contributed by atoms with Crippen LogP contribution in [0.5, 0.6) is 0 Å². The SMILES string of the molecule is O=C(NCC1CCCCC1C(=O)O)NC1CCC1. The minimum atomic E-state index is -0.721. The lowest BCUT2D eigenvalue weighted by Crippen LogP contribution is -2.47. The second-order valence-electron chi connectivity index (χ2n) is 5.47. The van der Waals surface area contributed by atoms with Gasteiger partial charge in [0.15, 0.2) is 0 Å². The molecule has 0 bridgehead atoms. The van der Waals surface area contributed by atoms with E-state index in [0.29, 0.717) is 12.6 Å². The molecule has 102 valence electrons. The Labute approximate surface area is 107 Å². The standard InChI is InChI=1S/C13H22N2O3/c16-12(17)11-7-2-1-4-9(11)8-14-13(18)15-10-5-3-6-10/h9-11H,1-8H2,(H,16,17)(H2,14,15,18). The van der Waals surface area contributed by atoms with Crippen LogP contribution in [-0.2, 0) is 4.79 Å². The van der Waals surface area contributed by atoms with Crippen molar-refractivity contribution in [3.8, 4) is 0 Å². The van der Waals surface area contributed by atoms with Crippen molar-refractivity contribution in [2.45, 2.75) is 51.0 Å². The zero-order valence-electron chi connectivity index (χ0n) is 10.7. The van der Waals surface area contributed by atoms with Crippen LogP contribution in [0.1, 0.15) is 44.9 Å². The van der Waals surface area contributed by atoms with E-state index >= 15 is 0 Å². The fourth-order valence-electron chi connectivity index (χ4n) is 2.79. The summed E-state index contributed by atoms with van der Waals surface area (Å²) in [5.41, 5.74) is 0. The van der Waals surface area contributed by atoms with Crippen molar-refractivity contribution in [3.05, 3.63) is 0 Å². The number of carboxylic acids is 1. The molecule has 2 fully saturated rings. The van der Waals surface area contributed by atoms with Crippen LogP contribution < -0.4 is 10.6 Å². The summed E-state index contributed by atoms with van der Waals surface area (Å²) in [7, 11) is 0. The molecule has 2 aliphatic rings. The zero-order valence-corrected chi connectivity index (χ0v) is 10.7. The number of rotatable bonds is 4.